The molecule has 7 heteroatoms. The van der Waals surface area contributed by atoms with Crippen LogP contribution in [0.2, 0.25) is 5.02 Å². The van der Waals surface area contributed by atoms with E-state index in [4.69, 9.17) is 25.8 Å². The standard InChI is InChI=1S/C14H19ClFNO4/c1-3-19-13-8(14(2)20-4-5-21-14)6-9(15)12(16)11(13)10(18)7-17/h6,10,18H,3-5,7,17H2,1-2H3/p+1/t10-/m0/s1. The third kappa shape index (κ3) is 3.00. The fourth-order valence-corrected chi connectivity index (χ4v) is 2.59. The number of halogens is 2. The van der Waals surface area contributed by atoms with Gasteiger partial charge in [-0.1, -0.05) is 11.6 Å². The summed E-state index contributed by atoms with van der Waals surface area (Å²) in [6.07, 6.45) is -1.12. The number of aliphatic hydroxyl groups is 1. The topological polar surface area (TPSA) is 75.6 Å². The van der Waals surface area contributed by atoms with E-state index < -0.39 is 17.7 Å². The highest BCUT2D eigenvalue weighted by molar-refractivity contribution is 6.31. The van der Waals surface area contributed by atoms with Gasteiger partial charge in [-0.3, -0.25) is 0 Å². The van der Waals surface area contributed by atoms with E-state index in [-0.39, 0.29) is 22.9 Å². The molecule has 1 heterocycles. The molecular weight excluding hydrogens is 301 g/mol. The Bertz CT molecular complexity index is 520. The molecule has 1 aliphatic rings. The molecule has 0 spiro atoms. The molecule has 2 rings (SSSR count). The van der Waals surface area contributed by atoms with Gasteiger partial charge in [0.05, 0.1) is 36.0 Å². The molecule has 1 aromatic rings. The molecule has 21 heavy (non-hydrogen) atoms. The number of benzene rings is 1. The maximum absolute atomic E-state index is 14.3. The quantitative estimate of drug-likeness (QED) is 0.859. The van der Waals surface area contributed by atoms with Crippen LogP contribution in [0, 0.1) is 5.82 Å². The number of hydrogen-bond donors (Lipinski definition) is 2. The molecule has 1 aromatic carbocycles. The third-order valence-electron chi connectivity index (χ3n) is 3.43. The van der Waals surface area contributed by atoms with Crippen molar-refractivity contribution in [1.82, 2.24) is 0 Å². The van der Waals surface area contributed by atoms with Gasteiger partial charge in [0.2, 0.25) is 0 Å². The van der Waals surface area contributed by atoms with Gasteiger partial charge < -0.3 is 25.1 Å². The van der Waals surface area contributed by atoms with Crippen LogP contribution in [0.15, 0.2) is 6.07 Å². The zero-order valence-electron chi connectivity index (χ0n) is 12.1. The van der Waals surface area contributed by atoms with Crippen molar-refractivity contribution >= 4 is 11.6 Å². The molecule has 0 aromatic heterocycles. The normalized spacial score (nSPS) is 18.8. The minimum atomic E-state index is -1.12. The third-order valence-corrected chi connectivity index (χ3v) is 3.70. The number of rotatable bonds is 5. The van der Waals surface area contributed by atoms with Crippen LogP contribution in [-0.4, -0.2) is 31.5 Å². The van der Waals surface area contributed by atoms with Crippen LogP contribution in [0.25, 0.3) is 0 Å². The van der Waals surface area contributed by atoms with E-state index in [9.17, 15) is 9.50 Å². The lowest BCUT2D eigenvalue weighted by molar-refractivity contribution is -0.385. The van der Waals surface area contributed by atoms with Crippen LogP contribution < -0.4 is 10.5 Å². The first-order valence-electron chi connectivity index (χ1n) is 6.85. The summed E-state index contributed by atoms with van der Waals surface area (Å²) in [6, 6.07) is 1.42. The zero-order valence-corrected chi connectivity index (χ0v) is 12.9. The summed E-state index contributed by atoms with van der Waals surface area (Å²) in [5.41, 5.74) is 4.06. The van der Waals surface area contributed by atoms with Crippen LogP contribution in [0.4, 0.5) is 4.39 Å². The summed E-state index contributed by atoms with van der Waals surface area (Å²) >= 11 is 5.96. The summed E-state index contributed by atoms with van der Waals surface area (Å²) < 4.78 is 31.1. The molecule has 5 nitrogen and oxygen atoms in total. The first-order valence-corrected chi connectivity index (χ1v) is 7.22. The molecule has 0 amide bonds. The molecular formula is C14H20ClFNO4+. The van der Waals surface area contributed by atoms with Gasteiger partial charge in [-0.15, -0.1) is 0 Å². The van der Waals surface area contributed by atoms with Crippen LogP contribution in [0.3, 0.4) is 0 Å². The van der Waals surface area contributed by atoms with E-state index in [1.807, 2.05) is 0 Å². The average molecular weight is 321 g/mol. The van der Waals surface area contributed by atoms with E-state index in [1.165, 1.54) is 6.07 Å². The molecule has 1 saturated heterocycles. The fraction of sp³-hybridized carbons (Fsp3) is 0.571. The summed E-state index contributed by atoms with van der Waals surface area (Å²) in [4.78, 5) is 0. The van der Waals surface area contributed by atoms with Crippen molar-refractivity contribution in [2.75, 3.05) is 26.4 Å². The fourth-order valence-electron chi connectivity index (χ4n) is 2.38. The number of aliphatic hydroxyl groups excluding tert-OH is 1. The molecule has 0 unspecified atom stereocenters. The minimum Gasteiger partial charge on any atom is -0.493 e. The second-order valence-corrected chi connectivity index (χ2v) is 5.25. The first kappa shape index (κ1) is 16.5. The minimum absolute atomic E-state index is 0.00493. The van der Waals surface area contributed by atoms with Gasteiger partial charge in [0, 0.05) is 0 Å². The Balaban J connectivity index is 2.66. The zero-order chi connectivity index (χ0) is 15.6. The molecule has 0 radical (unpaired) electrons. The molecule has 1 fully saturated rings. The molecule has 0 aliphatic carbocycles. The summed E-state index contributed by atoms with van der Waals surface area (Å²) in [7, 11) is 0. The Morgan fingerprint density at radius 1 is 1.52 bits per heavy atom. The Morgan fingerprint density at radius 2 is 2.14 bits per heavy atom. The predicted molar refractivity (Wildman–Crippen MR) is 74.5 cm³/mol. The van der Waals surface area contributed by atoms with Crippen LogP contribution in [0.5, 0.6) is 5.75 Å². The molecule has 4 N–H and O–H groups in total. The lowest BCUT2D eigenvalue weighted by Crippen LogP contribution is -2.53. The van der Waals surface area contributed by atoms with E-state index in [0.717, 1.165) is 0 Å². The van der Waals surface area contributed by atoms with Crippen molar-refractivity contribution in [3.8, 4) is 5.75 Å². The Morgan fingerprint density at radius 3 is 2.67 bits per heavy atom. The monoisotopic (exact) mass is 320 g/mol. The molecule has 118 valence electrons. The number of quaternary nitrogens is 1. The Hall–Kier alpha value is -0.920. The van der Waals surface area contributed by atoms with Gasteiger partial charge in [0.1, 0.15) is 18.4 Å². The highest BCUT2D eigenvalue weighted by Gasteiger charge is 2.39. The van der Waals surface area contributed by atoms with Crippen LogP contribution in [0.1, 0.15) is 31.1 Å². The highest BCUT2D eigenvalue weighted by Crippen LogP contribution is 2.43. The Labute approximate surface area is 127 Å². The van der Waals surface area contributed by atoms with Crippen molar-refractivity contribution in [2.45, 2.75) is 25.7 Å². The van der Waals surface area contributed by atoms with Crippen molar-refractivity contribution in [1.29, 1.82) is 0 Å². The maximum atomic E-state index is 14.3. The van der Waals surface area contributed by atoms with Crippen LogP contribution in [-0.2, 0) is 15.3 Å². The van der Waals surface area contributed by atoms with Gasteiger partial charge in [0.25, 0.3) is 0 Å². The summed E-state index contributed by atoms with van der Waals surface area (Å²) in [5, 5.41) is 9.96. The van der Waals surface area contributed by atoms with E-state index >= 15 is 0 Å². The van der Waals surface area contributed by atoms with Crippen molar-refractivity contribution in [3.05, 3.63) is 28.0 Å². The van der Waals surface area contributed by atoms with E-state index in [1.54, 1.807) is 13.8 Å². The summed E-state index contributed by atoms with van der Waals surface area (Å²) in [6.45, 7) is 4.73. The van der Waals surface area contributed by atoms with Crippen molar-refractivity contribution < 1.29 is 29.4 Å². The van der Waals surface area contributed by atoms with Gasteiger partial charge in [-0.05, 0) is 19.9 Å². The average Bonchev–Trinajstić information content (AvgIpc) is 2.90. The highest BCUT2D eigenvalue weighted by atomic mass is 35.5. The smallest absolute Gasteiger partial charge is 0.195 e. The second kappa shape index (κ2) is 6.46. The number of hydrogen-bond acceptors (Lipinski definition) is 4. The van der Waals surface area contributed by atoms with Gasteiger partial charge in [0.15, 0.2) is 11.6 Å². The van der Waals surface area contributed by atoms with Crippen molar-refractivity contribution in [3.63, 3.8) is 0 Å². The predicted octanol–water partition coefficient (Wildman–Crippen LogP) is 1.37. The molecule has 0 saturated carbocycles. The summed E-state index contributed by atoms with van der Waals surface area (Å²) in [5.74, 6) is -1.57. The van der Waals surface area contributed by atoms with Gasteiger partial charge in [-0.2, -0.15) is 0 Å². The first-order chi connectivity index (χ1) is 9.94. The maximum Gasteiger partial charge on any atom is 0.195 e. The number of ether oxygens (including phenoxy) is 3. The lowest BCUT2D eigenvalue weighted by atomic mass is 9.98. The van der Waals surface area contributed by atoms with E-state index in [2.05, 4.69) is 5.73 Å². The molecule has 0 bridgehead atoms. The van der Waals surface area contributed by atoms with E-state index in [0.29, 0.717) is 25.4 Å². The largest absolute Gasteiger partial charge is 0.493 e. The SMILES string of the molecule is CCOc1c(C2(C)OCCO2)cc(Cl)c(F)c1[C@@H](O)C[NH3+]. The Kier molecular flexibility index (Phi) is 5.06. The molecule has 1 atom stereocenters. The second-order valence-electron chi connectivity index (χ2n) is 4.84. The molecule has 1 aliphatic heterocycles. The van der Waals surface area contributed by atoms with Gasteiger partial charge in [-0.25, -0.2) is 4.39 Å². The van der Waals surface area contributed by atoms with Crippen LogP contribution >= 0.6 is 11.6 Å². The van der Waals surface area contributed by atoms with Crippen molar-refractivity contribution in [2.24, 2.45) is 0 Å². The lowest BCUT2D eigenvalue weighted by Gasteiger charge is -2.28. The van der Waals surface area contributed by atoms with Gasteiger partial charge >= 0.3 is 0 Å².